The Morgan fingerprint density at radius 1 is 1.30 bits per heavy atom. The van der Waals surface area contributed by atoms with E-state index in [0.29, 0.717) is 18.3 Å². The highest BCUT2D eigenvalue weighted by Gasteiger charge is 2.41. The van der Waals surface area contributed by atoms with Crippen LogP contribution in [0.1, 0.15) is 53.4 Å². The molecule has 0 saturated carbocycles. The summed E-state index contributed by atoms with van der Waals surface area (Å²) in [6, 6.07) is -0.193. The lowest BCUT2D eigenvalue weighted by Gasteiger charge is -2.47. The number of hydrogen-bond acceptors (Lipinski definition) is 2. The van der Waals surface area contributed by atoms with Gasteiger partial charge in [0.15, 0.2) is 0 Å². The highest BCUT2D eigenvalue weighted by molar-refractivity contribution is 6.29. The molecule has 3 atom stereocenters. The van der Waals surface area contributed by atoms with Crippen LogP contribution in [0.2, 0.25) is 0 Å². The Kier molecular flexibility index (Phi) is 7.62. The van der Waals surface area contributed by atoms with Gasteiger partial charge in [0.25, 0.3) is 0 Å². The Morgan fingerprint density at radius 2 is 2.07 bits per heavy atom. The first-order chi connectivity index (χ1) is 14.2. The van der Waals surface area contributed by atoms with Crippen LogP contribution in [0.15, 0.2) is 46.8 Å². The summed E-state index contributed by atoms with van der Waals surface area (Å²) in [5, 5.41) is 4.39. The molecule has 0 bridgehead atoms. The molecule has 3 aliphatic rings. The molecule has 1 amide bonds. The van der Waals surface area contributed by atoms with Crippen LogP contribution in [0.25, 0.3) is 0 Å². The molecule has 3 nitrogen and oxygen atoms in total. The molecule has 1 aliphatic heterocycles. The zero-order chi connectivity index (χ0) is 21.9. The first-order valence-corrected chi connectivity index (χ1v) is 11.7. The van der Waals surface area contributed by atoms with Gasteiger partial charge in [0, 0.05) is 31.1 Å². The van der Waals surface area contributed by atoms with Crippen molar-refractivity contribution in [3.63, 3.8) is 0 Å². The minimum Gasteiger partial charge on any atom is -0.341 e. The molecule has 166 valence electrons. The monoisotopic (exact) mass is 434 g/mol. The number of likely N-dealkylation sites (tertiary alicyclic amines) is 1. The van der Waals surface area contributed by atoms with Crippen molar-refractivity contribution >= 4 is 17.5 Å². The fourth-order valence-electron chi connectivity index (χ4n) is 5.08. The smallest absolute Gasteiger partial charge is 0.239 e. The topological polar surface area (TPSA) is 32.3 Å². The summed E-state index contributed by atoms with van der Waals surface area (Å²) in [7, 11) is 0. The molecular weight excluding hydrogens is 399 g/mol. The van der Waals surface area contributed by atoms with Crippen LogP contribution in [0.3, 0.4) is 0 Å². The number of nitrogens with one attached hydrogen (secondary N) is 1. The maximum Gasteiger partial charge on any atom is 0.239 e. The molecule has 1 heterocycles. The summed E-state index contributed by atoms with van der Waals surface area (Å²) in [6.45, 7) is 10.9. The van der Waals surface area contributed by atoms with Crippen LogP contribution in [0.4, 0.5) is 4.39 Å². The van der Waals surface area contributed by atoms with Gasteiger partial charge in [0.05, 0.1) is 6.04 Å². The van der Waals surface area contributed by atoms with E-state index in [9.17, 15) is 9.18 Å². The quantitative estimate of drug-likeness (QED) is 0.577. The molecule has 1 saturated heterocycles. The van der Waals surface area contributed by atoms with Crippen LogP contribution in [0.5, 0.6) is 0 Å². The largest absolute Gasteiger partial charge is 0.341 e. The maximum absolute atomic E-state index is 13.4. The molecule has 30 heavy (non-hydrogen) atoms. The van der Waals surface area contributed by atoms with Crippen LogP contribution in [0, 0.1) is 23.2 Å². The fourth-order valence-corrected chi connectivity index (χ4v) is 5.35. The molecule has 0 aromatic rings. The summed E-state index contributed by atoms with van der Waals surface area (Å²) in [6.07, 6.45) is 12.8. The third-order valence-electron chi connectivity index (χ3n) is 6.77. The van der Waals surface area contributed by atoms with Crippen molar-refractivity contribution in [3.8, 4) is 0 Å². The third kappa shape index (κ3) is 5.64. The molecule has 0 aromatic carbocycles. The van der Waals surface area contributed by atoms with E-state index in [1.807, 2.05) is 23.1 Å². The fraction of sp³-hybridized carbons (Fsp3) is 0.640. The van der Waals surface area contributed by atoms with Crippen molar-refractivity contribution in [1.82, 2.24) is 10.2 Å². The SMILES string of the molecule is CC(C)[C@@H](NCC1C=CC=C(Cl)C1)C(=O)N1CCC(C2=CC=C(F)CC2)C(C)(C)C1. The predicted octanol–water partition coefficient (Wildman–Crippen LogP) is 5.75. The molecule has 0 aromatic heterocycles. The summed E-state index contributed by atoms with van der Waals surface area (Å²) < 4.78 is 13.4. The molecule has 0 spiro atoms. The zero-order valence-electron chi connectivity index (χ0n) is 18.8. The van der Waals surface area contributed by atoms with Gasteiger partial charge in [-0.3, -0.25) is 4.79 Å². The summed E-state index contributed by atoms with van der Waals surface area (Å²) in [5.41, 5.74) is 1.31. The highest BCUT2D eigenvalue weighted by atomic mass is 35.5. The van der Waals surface area contributed by atoms with E-state index in [0.717, 1.165) is 43.9 Å². The van der Waals surface area contributed by atoms with Gasteiger partial charge < -0.3 is 10.2 Å². The molecule has 2 unspecified atom stereocenters. The van der Waals surface area contributed by atoms with Gasteiger partial charge in [0.1, 0.15) is 5.83 Å². The number of carbonyl (C=O) groups excluding carboxylic acids is 1. The maximum atomic E-state index is 13.4. The highest BCUT2D eigenvalue weighted by Crippen LogP contribution is 2.42. The molecule has 1 N–H and O–H groups in total. The number of hydrogen-bond donors (Lipinski definition) is 1. The Hall–Kier alpha value is -1.39. The second-order valence-corrected chi connectivity index (χ2v) is 10.5. The van der Waals surface area contributed by atoms with Crippen LogP contribution < -0.4 is 5.32 Å². The van der Waals surface area contributed by atoms with Gasteiger partial charge in [-0.25, -0.2) is 4.39 Å². The van der Waals surface area contributed by atoms with Crippen LogP contribution in [-0.4, -0.2) is 36.5 Å². The molecule has 1 fully saturated rings. The summed E-state index contributed by atoms with van der Waals surface area (Å²) >= 11 is 6.17. The third-order valence-corrected chi connectivity index (χ3v) is 7.05. The minimum atomic E-state index is -0.193. The number of allylic oxidation sites excluding steroid dienone is 7. The molecule has 5 heteroatoms. The Bertz CT molecular complexity index is 765. The normalized spacial score (nSPS) is 27.4. The summed E-state index contributed by atoms with van der Waals surface area (Å²) in [5.74, 6) is 1.11. The van der Waals surface area contributed by atoms with Gasteiger partial charge >= 0.3 is 0 Å². The van der Waals surface area contributed by atoms with E-state index in [1.54, 1.807) is 6.08 Å². The number of amides is 1. The van der Waals surface area contributed by atoms with Gasteiger partial charge in [0.2, 0.25) is 5.91 Å². The number of nitrogens with zero attached hydrogens (tertiary/aromatic N) is 1. The van der Waals surface area contributed by atoms with E-state index >= 15 is 0 Å². The van der Waals surface area contributed by atoms with E-state index in [-0.39, 0.29) is 29.1 Å². The molecule has 3 rings (SSSR count). The lowest BCUT2D eigenvalue weighted by atomic mass is 9.68. The van der Waals surface area contributed by atoms with Crippen molar-refractivity contribution < 1.29 is 9.18 Å². The average Bonchev–Trinajstić information content (AvgIpc) is 2.68. The van der Waals surface area contributed by atoms with E-state index in [1.165, 1.54) is 5.57 Å². The first kappa shape index (κ1) is 23.3. The Balaban J connectivity index is 1.62. The lowest BCUT2D eigenvalue weighted by molar-refractivity contribution is -0.138. The van der Waals surface area contributed by atoms with E-state index in [4.69, 9.17) is 11.6 Å². The van der Waals surface area contributed by atoms with Crippen molar-refractivity contribution in [2.24, 2.45) is 23.2 Å². The number of halogens is 2. The van der Waals surface area contributed by atoms with Crippen molar-refractivity contribution in [1.29, 1.82) is 0 Å². The summed E-state index contributed by atoms with van der Waals surface area (Å²) in [4.78, 5) is 15.5. The number of rotatable bonds is 6. The van der Waals surface area contributed by atoms with E-state index < -0.39 is 0 Å². The average molecular weight is 435 g/mol. The minimum absolute atomic E-state index is 0.0205. The second-order valence-electron chi connectivity index (χ2n) is 10.0. The van der Waals surface area contributed by atoms with Crippen molar-refractivity contribution in [2.45, 2.75) is 59.4 Å². The van der Waals surface area contributed by atoms with Crippen LogP contribution >= 0.6 is 11.6 Å². The van der Waals surface area contributed by atoms with Crippen LogP contribution in [-0.2, 0) is 4.79 Å². The second kappa shape index (κ2) is 9.82. The van der Waals surface area contributed by atoms with Gasteiger partial charge in [-0.2, -0.15) is 0 Å². The number of carbonyl (C=O) groups is 1. The van der Waals surface area contributed by atoms with Gasteiger partial charge in [-0.15, -0.1) is 0 Å². The van der Waals surface area contributed by atoms with Gasteiger partial charge in [-0.05, 0) is 54.6 Å². The number of piperidine rings is 1. The predicted molar refractivity (Wildman–Crippen MR) is 123 cm³/mol. The molecular formula is C25H36ClFN2O. The van der Waals surface area contributed by atoms with Gasteiger partial charge in [-0.1, -0.05) is 63.1 Å². The standard InChI is InChI=1S/C25H36ClFN2O/c1-17(2)23(28-15-18-6-5-7-20(26)14-18)24(30)29-13-12-22(25(3,4)16-29)19-8-10-21(27)11-9-19/h5-8,10,17-18,22-23,28H,9,11-16H2,1-4H3/t18?,22?,23-/m1/s1. The first-order valence-electron chi connectivity index (χ1n) is 11.3. The van der Waals surface area contributed by atoms with Crippen molar-refractivity contribution in [3.05, 3.63) is 46.8 Å². The Labute approximate surface area is 186 Å². The Morgan fingerprint density at radius 3 is 2.67 bits per heavy atom. The molecule has 0 radical (unpaired) electrons. The zero-order valence-corrected chi connectivity index (χ0v) is 19.5. The molecule has 2 aliphatic carbocycles. The van der Waals surface area contributed by atoms with Crippen molar-refractivity contribution in [2.75, 3.05) is 19.6 Å². The van der Waals surface area contributed by atoms with E-state index in [2.05, 4.69) is 39.1 Å². The lowest BCUT2D eigenvalue weighted by Crippen LogP contribution is -2.56.